The van der Waals surface area contributed by atoms with Gasteiger partial charge < -0.3 is 5.11 Å². The van der Waals surface area contributed by atoms with Crippen molar-refractivity contribution in [2.24, 2.45) is 5.92 Å². The summed E-state index contributed by atoms with van der Waals surface area (Å²) in [6.07, 6.45) is 0.910. The van der Waals surface area contributed by atoms with Crippen LogP contribution in [0.15, 0.2) is 0 Å². The van der Waals surface area contributed by atoms with Gasteiger partial charge in [-0.1, -0.05) is 41.5 Å². The Morgan fingerprint density at radius 1 is 1.31 bits per heavy atom. The molecule has 3 heteroatoms. The van der Waals surface area contributed by atoms with Gasteiger partial charge in [0.2, 0.25) is 5.88 Å². The van der Waals surface area contributed by atoms with Crippen LogP contribution in [0.1, 0.15) is 52.8 Å². The zero-order chi connectivity index (χ0) is 12.5. The molecule has 1 aromatic heterocycles. The molecular formula is C13H24N2O. The maximum absolute atomic E-state index is 9.96. The Balaban J connectivity index is 3.24. The summed E-state index contributed by atoms with van der Waals surface area (Å²) >= 11 is 0. The summed E-state index contributed by atoms with van der Waals surface area (Å²) < 4.78 is 1.96. The number of aromatic nitrogens is 2. The lowest BCUT2D eigenvalue weighted by Gasteiger charge is -2.19. The number of hydrogen-bond acceptors (Lipinski definition) is 2. The molecule has 0 unspecified atom stereocenters. The van der Waals surface area contributed by atoms with E-state index in [2.05, 4.69) is 46.6 Å². The Kier molecular flexibility index (Phi) is 3.66. The van der Waals surface area contributed by atoms with Crippen molar-refractivity contribution < 1.29 is 5.11 Å². The van der Waals surface area contributed by atoms with Crippen LogP contribution in [-0.2, 0) is 18.4 Å². The van der Waals surface area contributed by atoms with E-state index in [1.54, 1.807) is 0 Å². The third kappa shape index (κ3) is 2.57. The molecular weight excluding hydrogens is 200 g/mol. The lowest BCUT2D eigenvalue weighted by Crippen LogP contribution is -2.16. The normalized spacial score (nSPS) is 12.4. The van der Waals surface area contributed by atoms with Gasteiger partial charge in [-0.05, 0) is 17.8 Å². The molecule has 0 amide bonds. The van der Waals surface area contributed by atoms with Gasteiger partial charge in [0.15, 0.2) is 0 Å². The minimum Gasteiger partial charge on any atom is -0.492 e. The predicted octanol–water partition coefficient (Wildman–Crippen LogP) is 3.10. The van der Waals surface area contributed by atoms with E-state index in [0.717, 1.165) is 18.5 Å². The highest BCUT2D eigenvalue weighted by Gasteiger charge is 2.26. The van der Waals surface area contributed by atoms with Gasteiger partial charge in [-0.25, -0.2) is 0 Å². The van der Waals surface area contributed by atoms with Crippen molar-refractivity contribution in [3.63, 3.8) is 0 Å². The van der Waals surface area contributed by atoms with Crippen molar-refractivity contribution >= 4 is 0 Å². The highest BCUT2D eigenvalue weighted by molar-refractivity contribution is 5.36. The summed E-state index contributed by atoms with van der Waals surface area (Å²) in [4.78, 5) is 0. The SMILES string of the molecule is CCc1c(C(C)(C)C)c(O)nn1CC(C)C. The predicted molar refractivity (Wildman–Crippen MR) is 66.8 cm³/mol. The van der Waals surface area contributed by atoms with Crippen LogP contribution < -0.4 is 0 Å². The summed E-state index contributed by atoms with van der Waals surface area (Å²) in [7, 11) is 0. The van der Waals surface area contributed by atoms with E-state index in [0.29, 0.717) is 5.92 Å². The third-order valence-corrected chi connectivity index (χ3v) is 2.66. The van der Waals surface area contributed by atoms with Crippen molar-refractivity contribution in [1.82, 2.24) is 9.78 Å². The lowest BCUT2D eigenvalue weighted by molar-refractivity contribution is 0.409. The molecule has 16 heavy (non-hydrogen) atoms. The van der Waals surface area contributed by atoms with Crippen molar-refractivity contribution in [1.29, 1.82) is 0 Å². The molecule has 0 aromatic carbocycles. The average molecular weight is 224 g/mol. The first kappa shape index (κ1) is 13.1. The molecule has 3 nitrogen and oxygen atoms in total. The number of hydrogen-bond donors (Lipinski definition) is 1. The Bertz CT molecular complexity index is 359. The van der Waals surface area contributed by atoms with Gasteiger partial charge in [0, 0.05) is 17.8 Å². The zero-order valence-electron chi connectivity index (χ0n) is 11.3. The molecule has 1 aromatic rings. The van der Waals surface area contributed by atoms with Crippen molar-refractivity contribution in [2.45, 2.75) is 59.9 Å². The molecule has 0 aliphatic heterocycles. The van der Waals surface area contributed by atoms with Crippen LogP contribution in [0.25, 0.3) is 0 Å². The standard InChI is InChI=1S/C13H24N2O/c1-7-10-11(13(4,5)6)12(16)14-15(10)8-9(2)3/h9H,7-8H2,1-6H3,(H,14,16). The van der Waals surface area contributed by atoms with Gasteiger partial charge in [-0.3, -0.25) is 4.68 Å². The van der Waals surface area contributed by atoms with Crippen LogP contribution in [-0.4, -0.2) is 14.9 Å². The van der Waals surface area contributed by atoms with E-state index in [9.17, 15) is 5.11 Å². The van der Waals surface area contributed by atoms with Gasteiger partial charge in [-0.15, -0.1) is 5.10 Å². The summed E-state index contributed by atoms with van der Waals surface area (Å²) in [5, 5.41) is 14.2. The van der Waals surface area contributed by atoms with Gasteiger partial charge in [0.1, 0.15) is 0 Å². The molecule has 1 N–H and O–H groups in total. The Hall–Kier alpha value is -0.990. The van der Waals surface area contributed by atoms with Crippen LogP contribution in [0, 0.1) is 5.92 Å². The topological polar surface area (TPSA) is 38.1 Å². The minimum absolute atomic E-state index is 0.0509. The molecule has 0 fully saturated rings. The number of nitrogens with zero attached hydrogens (tertiary/aromatic N) is 2. The molecule has 1 rings (SSSR count). The molecule has 0 radical (unpaired) electrons. The fraction of sp³-hybridized carbons (Fsp3) is 0.769. The molecule has 0 saturated heterocycles. The maximum atomic E-state index is 9.96. The first-order chi connectivity index (χ1) is 7.27. The van der Waals surface area contributed by atoms with Gasteiger partial charge >= 0.3 is 0 Å². The second-order valence-corrected chi connectivity index (χ2v) is 5.82. The van der Waals surface area contributed by atoms with Gasteiger partial charge in [0.25, 0.3) is 0 Å². The minimum atomic E-state index is -0.0509. The second-order valence-electron chi connectivity index (χ2n) is 5.82. The van der Waals surface area contributed by atoms with Gasteiger partial charge in [0.05, 0.1) is 0 Å². The molecule has 0 bridgehead atoms. The largest absolute Gasteiger partial charge is 0.492 e. The molecule has 0 aliphatic rings. The molecule has 0 atom stereocenters. The third-order valence-electron chi connectivity index (χ3n) is 2.66. The number of rotatable bonds is 3. The molecule has 0 aliphatic carbocycles. The molecule has 92 valence electrons. The summed E-state index contributed by atoms with van der Waals surface area (Å²) in [5.41, 5.74) is 2.11. The average Bonchev–Trinajstić information content (AvgIpc) is 2.39. The van der Waals surface area contributed by atoms with Crippen LogP contribution in [0.3, 0.4) is 0 Å². The van der Waals surface area contributed by atoms with E-state index in [1.165, 1.54) is 5.69 Å². The van der Waals surface area contributed by atoms with E-state index in [1.807, 2.05) is 4.68 Å². The van der Waals surface area contributed by atoms with Crippen molar-refractivity contribution in [3.05, 3.63) is 11.3 Å². The Morgan fingerprint density at radius 2 is 1.88 bits per heavy atom. The van der Waals surface area contributed by atoms with Crippen LogP contribution in [0.2, 0.25) is 0 Å². The quantitative estimate of drug-likeness (QED) is 0.856. The van der Waals surface area contributed by atoms with E-state index in [4.69, 9.17) is 0 Å². The number of aromatic hydroxyl groups is 1. The molecule has 0 spiro atoms. The van der Waals surface area contributed by atoms with E-state index in [-0.39, 0.29) is 11.3 Å². The summed E-state index contributed by atoms with van der Waals surface area (Å²) in [6.45, 7) is 13.6. The molecule has 0 saturated carbocycles. The van der Waals surface area contributed by atoms with Crippen molar-refractivity contribution in [3.8, 4) is 5.88 Å². The summed E-state index contributed by atoms with van der Waals surface area (Å²) in [6, 6.07) is 0. The Labute approximate surface area is 98.5 Å². The van der Waals surface area contributed by atoms with E-state index >= 15 is 0 Å². The lowest BCUT2D eigenvalue weighted by atomic mass is 9.86. The molecule has 1 heterocycles. The fourth-order valence-electron chi connectivity index (χ4n) is 2.11. The second kappa shape index (κ2) is 4.48. The summed E-state index contributed by atoms with van der Waals surface area (Å²) in [5.74, 6) is 0.738. The first-order valence-electron chi connectivity index (χ1n) is 6.06. The fourth-order valence-corrected chi connectivity index (χ4v) is 2.11. The zero-order valence-corrected chi connectivity index (χ0v) is 11.3. The smallest absolute Gasteiger partial charge is 0.234 e. The van der Waals surface area contributed by atoms with Crippen LogP contribution in [0.5, 0.6) is 5.88 Å². The van der Waals surface area contributed by atoms with Crippen LogP contribution in [0.4, 0.5) is 0 Å². The first-order valence-corrected chi connectivity index (χ1v) is 6.06. The maximum Gasteiger partial charge on any atom is 0.234 e. The highest BCUT2D eigenvalue weighted by atomic mass is 16.3. The Morgan fingerprint density at radius 3 is 2.25 bits per heavy atom. The highest BCUT2D eigenvalue weighted by Crippen LogP contribution is 2.33. The monoisotopic (exact) mass is 224 g/mol. The van der Waals surface area contributed by atoms with Crippen molar-refractivity contribution in [2.75, 3.05) is 0 Å². The van der Waals surface area contributed by atoms with Crippen LogP contribution >= 0.6 is 0 Å². The van der Waals surface area contributed by atoms with Gasteiger partial charge in [-0.2, -0.15) is 0 Å². The van der Waals surface area contributed by atoms with E-state index < -0.39 is 0 Å².